The average Bonchev–Trinajstić information content (AvgIpc) is 3.13. The van der Waals surface area contributed by atoms with Crippen molar-refractivity contribution >= 4 is 23.3 Å². The molecule has 1 aliphatic rings. The molecule has 0 saturated carbocycles. The quantitative estimate of drug-likeness (QED) is 0.463. The third kappa shape index (κ3) is 4.06. The van der Waals surface area contributed by atoms with E-state index in [1.54, 1.807) is 18.2 Å². The van der Waals surface area contributed by atoms with E-state index in [1.165, 1.54) is 19.2 Å². The summed E-state index contributed by atoms with van der Waals surface area (Å²) < 4.78 is 20.1. The van der Waals surface area contributed by atoms with Crippen LogP contribution < -0.4 is 19.5 Å². The maximum absolute atomic E-state index is 12.0. The maximum atomic E-state index is 12.0. The van der Waals surface area contributed by atoms with Crippen LogP contribution in [-0.4, -0.2) is 37.3 Å². The fraction of sp³-hybridized carbons (Fsp3) is 0.176. The van der Waals surface area contributed by atoms with Gasteiger partial charge < -0.3 is 24.3 Å². The standard InChI is InChI=1S/C17H14N2O8/c1-24-17(21)10-2-4-13(12(6-10)19(22)23)25-8-16(20)18-11-3-5-14-15(7-11)27-9-26-14/h2-7H,8-9H2,1H3,(H,18,20). The normalized spacial score (nSPS) is 11.6. The number of benzene rings is 2. The van der Waals surface area contributed by atoms with Gasteiger partial charge in [-0.05, 0) is 24.3 Å². The van der Waals surface area contributed by atoms with E-state index in [2.05, 4.69) is 10.1 Å². The molecule has 0 unspecified atom stereocenters. The van der Waals surface area contributed by atoms with Gasteiger partial charge in [-0.1, -0.05) is 0 Å². The van der Waals surface area contributed by atoms with E-state index in [0.717, 1.165) is 6.07 Å². The molecule has 0 spiro atoms. The second-order valence-electron chi connectivity index (χ2n) is 5.34. The smallest absolute Gasteiger partial charge is 0.338 e. The number of hydrogen-bond acceptors (Lipinski definition) is 8. The van der Waals surface area contributed by atoms with E-state index < -0.39 is 29.1 Å². The van der Waals surface area contributed by atoms with Crippen molar-refractivity contribution in [3.05, 3.63) is 52.1 Å². The number of methoxy groups -OCH3 is 1. The molecule has 2 aromatic carbocycles. The van der Waals surface area contributed by atoms with Crippen LogP contribution in [0.3, 0.4) is 0 Å². The molecule has 10 nitrogen and oxygen atoms in total. The summed E-state index contributed by atoms with van der Waals surface area (Å²) in [4.78, 5) is 34.0. The number of nitrogens with zero attached hydrogens (tertiary/aromatic N) is 1. The Bertz CT molecular complexity index is 912. The lowest BCUT2D eigenvalue weighted by Crippen LogP contribution is -2.20. The summed E-state index contributed by atoms with van der Waals surface area (Å²) in [6.45, 7) is -0.353. The van der Waals surface area contributed by atoms with Gasteiger partial charge in [0, 0.05) is 17.8 Å². The van der Waals surface area contributed by atoms with Gasteiger partial charge in [-0.3, -0.25) is 14.9 Å². The molecular weight excluding hydrogens is 360 g/mol. The lowest BCUT2D eigenvalue weighted by atomic mass is 10.2. The van der Waals surface area contributed by atoms with E-state index in [0.29, 0.717) is 17.2 Å². The Hall–Kier alpha value is -3.82. The molecule has 1 aliphatic heterocycles. The topological polar surface area (TPSA) is 126 Å². The third-order valence-corrected chi connectivity index (χ3v) is 3.59. The van der Waals surface area contributed by atoms with Crippen molar-refractivity contribution < 1.29 is 33.5 Å². The van der Waals surface area contributed by atoms with Crippen LogP contribution in [-0.2, 0) is 9.53 Å². The number of ether oxygens (including phenoxy) is 4. The lowest BCUT2D eigenvalue weighted by molar-refractivity contribution is -0.385. The minimum Gasteiger partial charge on any atom is -0.477 e. The highest BCUT2D eigenvalue weighted by Gasteiger charge is 2.20. The minimum atomic E-state index is -0.717. The van der Waals surface area contributed by atoms with E-state index in [-0.39, 0.29) is 18.1 Å². The first-order valence-corrected chi connectivity index (χ1v) is 7.67. The number of carbonyl (C=O) groups is 2. The van der Waals surface area contributed by atoms with Crippen LogP contribution in [0.1, 0.15) is 10.4 Å². The van der Waals surface area contributed by atoms with Gasteiger partial charge in [-0.2, -0.15) is 0 Å². The summed E-state index contributed by atoms with van der Waals surface area (Å²) in [5, 5.41) is 13.8. The average molecular weight is 374 g/mol. The number of anilines is 1. The molecule has 1 N–H and O–H groups in total. The first-order valence-electron chi connectivity index (χ1n) is 7.67. The largest absolute Gasteiger partial charge is 0.477 e. The molecule has 3 rings (SSSR count). The molecule has 0 atom stereocenters. The van der Waals surface area contributed by atoms with E-state index in [9.17, 15) is 19.7 Å². The van der Waals surface area contributed by atoms with Gasteiger partial charge in [0.1, 0.15) is 0 Å². The molecule has 2 aromatic rings. The van der Waals surface area contributed by atoms with Crippen molar-refractivity contribution in [3.8, 4) is 17.2 Å². The van der Waals surface area contributed by atoms with Crippen molar-refractivity contribution in [2.24, 2.45) is 0 Å². The number of nitro benzene ring substituents is 1. The Morgan fingerprint density at radius 3 is 2.70 bits per heavy atom. The second kappa shape index (κ2) is 7.60. The molecule has 0 fully saturated rings. The zero-order valence-electron chi connectivity index (χ0n) is 14.1. The minimum absolute atomic E-state index is 0.00126. The van der Waals surface area contributed by atoms with Crippen LogP contribution in [0.5, 0.6) is 17.2 Å². The van der Waals surface area contributed by atoms with E-state index in [4.69, 9.17) is 14.2 Å². The van der Waals surface area contributed by atoms with E-state index in [1.807, 2.05) is 0 Å². The maximum Gasteiger partial charge on any atom is 0.338 e. The zero-order valence-corrected chi connectivity index (χ0v) is 14.1. The lowest BCUT2D eigenvalue weighted by Gasteiger charge is -2.09. The summed E-state index contributed by atoms with van der Waals surface area (Å²) in [5.41, 5.74) is 0.0125. The van der Waals surface area contributed by atoms with E-state index >= 15 is 0 Å². The van der Waals surface area contributed by atoms with Crippen molar-refractivity contribution in [2.75, 3.05) is 25.8 Å². The molecule has 140 valence electrons. The summed E-state index contributed by atoms with van der Waals surface area (Å²) in [7, 11) is 1.17. The van der Waals surface area contributed by atoms with Gasteiger partial charge in [-0.25, -0.2) is 4.79 Å². The molecule has 1 amide bonds. The van der Waals surface area contributed by atoms with Gasteiger partial charge >= 0.3 is 11.7 Å². The van der Waals surface area contributed by atoms with Crippen LogP contribution in [0, 0.1) is 10.1 Å². The Labute approximate surface area is 152 Å². The van der Waals surface area contributed by atoms with Crippen molar-refractivity contribution in [1.82, 2.24) is 0 Å². The van der Waals surface area contributed by atoms with Crippen molar-refractivity contribution in [2.45, 2.75) is 0 Å². The Balaban J connectivity index is 1.66. The van der Waals surface area contributed by atoms with Gasteiger partial charge in [0.25, 0.3) is 5.91 Å². The molecule has 1 heterocycles. The highest BCUT2D eigenvalue weighted by Crippen LogP contribution is 2.34. The van der Waals surface area contributed by atoms with Gasteiger partial charge in [0.05, 0.1) is 17.6 Å². The predicted octanol–water partition coefficient (Wildman–Crippen LogP) is 2.13. The molecule has 0 aliphatic carbocycles. The monoisotopic (exact) mass is 374 g/mol. The van der Waals surface area contributed by atoms with Crippen molar-refractivity contribution in [1.29, 1.82) is 0 Å². The molecular formula is C17H14N2O8. The van der Waals surface area contributed by atoms with Crippen LogP contribution in [0.25, 0.3) is 0 Å². The molecule has 27 heavy (non-hydrogen) atoms. The molecule has 0 radical (unpaired) electrons. The number of nitro groups is 1. The van der Waals surface area contributed by atoms with Crippen LogP contribution in [0.15, 0.2) is 36.4 Å². The highest BCUT2D eigenvalue weighted by molar-refractivity contribution is 5.92. The Morgan fingerprint density at radius 2 is 1.96 bits per heavy atom. The number of fused-ring (bicyclic) bond motifs is 1. The number of carbonyl (C=O) groups excluding carboxylic acids is 2. The Kier molecular flexibility index (Phi) is 5.06. The first kappa shape index (κ1) is 18.0. The summed E-state index contributed by atoms with van der Waals surface area (Å²) in [6.07, 6.45) is 0. The third-order valence-electron chi connectivity index (χ3n) is 3.59. The first-order chi connectivity index (χ1) is 13.0. The van der Waals surface area contributed by atoms with Crippen LogP contribution >= 0.6 is 0 Å². The molecule has 0 bridgehead atoms. The summed E-state index contributed by atoms with van der Waals surface area (Å²) >= 11 is 0. The predicted molar refractivity (Wildman–Crippen MR) is 91.1 cm³/mol. The summed E-state index contributed by atoms with van der Waals surface area (Å²) in [6, 6.07) is 8.43. The number of esters is 1. The highest BCUT2D eigenvalue weighted by atomic mass is 16.7. The SMILES string of the molecule is COC(=O)c1ccc(OCC(=O)Nc2ccc3c(c2)OCO3)c([N+](=O)[O-])c1. The fourth-order valence-electron chi connectivity index (χ4n) is 2.34. The van der Waals surface area contributed by atoms with Crippen molar-refractivity contribution in [3.63, 3.8) is 0 Å². The summed E-state index contributed by atoms with van der Waals surface area (Å²) in [5.74, 6) is -0.313. The number of hydrogen-bond donors (Lipinski definition) is 1. The van der Waals surface area contributed by atoms with Gasteiger partial charge in [0.2, 0.25) is 6.79 Å². The zero-order chi connectivity index (χ0) is 19.4. The van der Waals surface area contributed by atoms with Gasteiger partial charge in [-0.15, -0.1) is 0 Å². The Morgan fingerprint density at radius 1 is 1.19 bits per heavy atom. The van der Waals surface area contributed by atoms with Crippen LogP contribution in [0.4, 0.5) is 11.4 Å². The fourth-order valence-corrected chi connectivity index (χ4v) is 2.34. The molecule has 10 heteroatoms. The number of nitrogens with one attached hydrogen (secondary N) is 1. The number of amides is 1. The molecule has 0 saturated heterocycles. The van der Waals surface area contributed by atoms with Gasteiger partial charge in [0.15, 0.2) is 23.9 Å². The number of rotatable bonds is 6. The second-order valence-corrected chi connectivity index (χ2v) is 5.34. The molecule has 0 aromatic heterocycles. The van der Waals surface area contributed by atoms with Crippen LogP contribution in [0.2, 0.25) is 0 Å².